The first-order valence-electron chi connectivity index (χ1n) is 7.44. The number of halogens is 1. The van der Waals surface area contributed by atoms with E-state index in [1.165, 1.54) is 0 Å². The lowest BCUT2D eigenvalue weighted by atomic mass is 9.91. The molecule has 1 amide bonds. The van der Waals surface area contributed by atoms with Crippen LogP contribution in [0.4, 0.5) is 0 Å². The average molecular weight is 307 g/mol. The van der Waals surface area contributed by atoms with Crippen LogP contribution in [0.5, 0.6) is 0 Å². The molecule has 20 heavy (non-hydrogen) atoms. The van der Waals surface area contributed by atoms with E-state index in [1.54, 1.807) is 6.92 Å². The zero-order chi connectivity index (χ0) is 13.7. The number of hydrogen-bond donors (Lipinski definition) is 2. The van der Waals surface area contributed by atoms with E-state index in [0.29, 0.717) is 6.61 Å². The average Bonchev–Trinajstić information content (AvgIpc) is 2.89. The van der Waals surface area contributed by atoms with Crippen LogP contribution < -0.4 is 11.1 Å². The maximum atomic E-state index is 12.0. The van der Waals surface area contributed by atoms with Gasteiger partial charge in [0, 0.05) is 18.7 Å². The van der Waals surface area contributed by atoms with Crippen molar-refractivity contribution in [3.05, 3.63) is 0 Å². The van der Waals surface area contributed by atoms with E-state index >= 15 is 0 Å². The minimum absolute atomic E-state index is 0. The normalized spacial score (nSPS) is 31.4. The highest BCUT2D eigenvalue weighted by atomic mass is 35.5. The summed E-state index contributed by atoms with van der Waals surface area (Å²) in [5, 5.41) is 3.04. The molecular formula is C14H27ClN2O3. The smallest absolute Gasteiger partial charge is 0.249 e. The van der Waals surface area contributed by atoms with Gasteiger partial charge in [-0.3, -0.25) is 4.79 Å². The summed E-state index contributed by atoms with van der Waals surface area (Å²) < 4.78 is 11.1. The van der Waals surface area contributed by atoms with Crippen LogP contribution in [-0.2, 0) is 14.3 Å². The van der Waals surface area contributed by atoms with Crippen molar-refractivity contribution in [2.24, 2.45) is 5.73 Å². The molecule has 1 saturated heterocycles. The van der Waals surface area contributed by atoms with E-state index in [-0.39, 0.29) is 36.5 Å². The predicted octanol–water partition coefficient (Wildman–Crippen LogP) is 1.38. The standard InChI is InChI=1S/C14H26N2O3.ClH/c1-10(19-9-13-6-3-7-18-13)14(17)16-12-5-2-4-11(15)8-12;/h10-13H,2-9,15H2,1H3,(H,16,17);1H. The molecule has 3 N–H and O–H groups in total. The van der Waals surface area contributed by atoms with Gasteiger partial charge in [-0.1, -0.05) is 0 Å². The Hall–Kier alpha value is -0.360. The molecule has 2 aliphatic rings. The van der Waals surface area contributed by atoms with Crippen molar-refractivity contribution < 1.29 is 14.3 Å². The first kappa shape index (κ1) is 17.7. The van der Waals surface area contributed by atoms with Crippen LogP contribution in [0.1, 0.15) is 45.4 Å². The summed E-state index contributed by atoms with van der Waals surface area (Å²) in [6, 6.07) is 0.437. The predicted molar refractivity (Wildman–Crippen MR) is 80.0 cm³/mol. The molecule has 4 atom stereocenters. The first-order chi connectivity index (χ1) is 9.15. The summed E-state index contributed by atoms with van der Waals surface area (Å²) in [4.78, 5) is 12.0. The summed E-state index contributed by atoms with van der Waals surface area (Å²) in [5.41, 5.74) is 5.92. The fourth-order valence-electron chi connectivity index (χ4n) is 2.78. The van der Waals surface area contributed by atoms with E-state index in [2.05, 4.69) is 5.32 Å². The summed E-state index contributed by atoms with van der Waals surface area (Å²) in [5.74, 6) is -0.0305. The van der Waals surface area contributed by atoms with Crippen molar-refractivity contribution in [1.82, 2.24) is 5.32 Å². The lowest BCUT2D eigenvalue weighted by Gasteiger charge is -2.28. The van der Waals surface area contributed by atoms with Crippen LogP contribution in [0, 0.1) is 0 Å². The Morgan fingerprint density at radius 3 is 2.85 bits per heavy atom. The van der Waals surface area contributed by atoms with Gasteiger partial charge < -0.3 is 20.5 Å². The largest absolute Gasteiger partial charge is 0.376 e. The Morgan fingerprint density at radius 2 is 2.20 bits per heavy atom. The second-order valence-corrected chi connectivity index (χ2v) is 5.74. The zero-order valence-electron chi connectivity index (χ0n) is 12.2. The van der Waals surface area contributed by atoms with E-state index in [9.17, 15) is 4.79 Å². The molecule has 2 fully saturated rings. The van der Waals surface area contributed by atoms with Gasteiger partial charge in [0.2, 0.25) is 5.91 Å². The van der Waals surface area contributed by atoms with Crippen molar-refractivity contribution in [1.29, 1.82) is 0 Å². The Bertz CT molecular complexity index is 298. The van der Waals surface area contributed by atoms with Gasteiger partial charge in [0.05, 0.1) is 12.7 Å². The molecule has 0 aromatic carbocycles. The summed E-state index contributed by atoms with van der Waals surface area (Å²) in [6.07, 6.45) is 5.94. The molecule has 0 aromatic rings. The molecule has 1 heterocycles. The van der Waals surface area contributed by atoms with Crippen molar-refractivity contribution in [2.45, 2.75) is 69.7 Å². The molecule has 5 nitrogen and oxygen atoms in total. The van der Waals surface area contributed by atoms with E-state index in [0.717, 1.165) is 45.1 Å². The molecule has 118 valence electrons. The summed E-state index contributed by atoms with van der Waals surface area (Å²) >= 11 is 0. The molecule has 0 bridgehead atoms. The van der Waals surface area contributed by atoms with Crippen molar-refractivity contribution in [3.8, 4) is 0 Å². The summed E-state index contributed by atoms with van der Waals surface area (Å²) in [6.45, 7) is 3.13. The van der Waals surface area contributed by atoms with Crippen LogP contribution in [0.3, 0.4) is 0 Å². The maximum absolute atomic E-state index is 12.0. The van der Waals surface area contributed by atoms with Gasteiger partial charge in [-0.05, 0) is 45.4 Å². The molecule has 0 aromatic heterocycles. The van der Waals surface area contributed by atoms with Gasteiger partial charge >= 0.3 is 0 Å². The highest BCUT2D eigenvalue weighted by Gasteiger charge is 2.24. The third-order valence-electron chi connectivity index (χ3n) is 3.99. The Morgan fingerprint density at radius 1 is 1.40 bits per heavy atom. The fourth-order valence-corrected chi connectivity index (χ4v) is 2.78. The van der Waals surface area contributed by atoms with Gasteiger partial charge in [-0.25, -0.2) is 0 Å². The third kappa shape index (κ3) is 5.56. The molecule has 1 aliphatic heterocycles. The van der Waals surface area contributed by atoms with Crippen LogP contribution in [0.15, 0.2) is 0 Å². The van der Waals surface area contributed by atoms with E-state index < -0.39 is 6.10 Å². The Labute approximate surface area is 127 Å². The number of nitrogens with one attached hydrogen (secondary N) is 1. The Kier molecular flexibility index (Phi) is 7.80. The van der Waals surface area contributed by atoms with Gasteiger partial charge in [0.1, 0.15) is 6.10 Å². The molecule has 6 heteroatoms. The van der Waals surface area contributed by atoms with Gasteiger partial charge in [-0.2, -0.15) is 0 Å². The maximum Gasteiger partial charge on any atom is 0.249 e. The fraction of sp³-hybridized carbons (Fsp3) is 0.929. The minimum Gasteiger partial charge on any atom is -0.376 e. The van der Waals surface area contributed by atoms with Gasteiger partial charge in [0.15, 0.2) is 0 Å². The lowest BCUT2D eigenvalue weighted by Crippen LogP contribution is -2.46. The number of nitrogens with two attached hydrogens (primary N) is 1. The minimum atomic E-state index is -0.414. The van der Waals surface area contributed by atoms with Crippen molar-refractivity contribution in [2.75, 3.05) is 13.2 Å². The number of ether oxygens (including phenoxy) is 2. The van der Waals surface area contributed by atoms with Gasteiger partial charge in [-0.15, -0.1) is 12.4 Å². The van der Waals surface area contributed by atoms with Crippen molar-refractivity contribution in [3.63, 3.8) is 0 Å². The van der Waals surface area contributed by atoms with E-state index in [4.69, 9.17) is 15.2 Å². The first-order valence-corrected chi connectivity index (χ1v) is 7.44. The monoisotopic (exact) mass is 306 g/mol. The molecule has 2 rings (SSSR count). The van der Waals surface area contributed by atoms with Crippen LogP contribution in [0.25, 0.3) is 0 Å². The number of rotatable bonds is 5. The number of hydrogen-bond acceptors (Lipinski definition) is 4. The molecule has 1 aliphatic carbocycles. The zero-order valence-corrected chi connectivity index (χ0v) is 13.0. The third-order valence-corrected chi connectivity index (χ3v) is 3.99. The SMILES string of the molecule is CC(OCC1CCCO1)C(=O)NC1CCCC(N)C1.Cl. The highest BCUT2D eigenvalue weighted by molar-refractivity contribution is 5.85. The number of carbonyl (C=O) groups is 1. The second kappa shape index (κ2) is 8.82. The molecule has 1 saturated carbocycles. The molecule has 4 unspecified atom stereocenters. The van der Waals surface area contributed by atoms with Gasteiger partial charge in [0.25, 0.3) is 0 Å². The highest BCUT2D eigenvalue weighted by Crippen LogP contribution is 2.17. The number of carbonyl (C=O) groups excluding carboxylic acids is 1. The van der Waals surface area contributed by atoms with Crippen LogP contribution in [0.2, 0.25) is 0 Å². The quantitative estimate of drug-likeness (QED) is 0.805. The Balaban J connectivity index is 0.00000200. The van der Waals surface area contributed by atoms with Crippen LogP contribution >= 0.6 is 12.4 Å². The molecule has 0 spiro atoms. The van der Waals surface area contributed by atoms with Crippen molar-refractivity contribution >= 4 is 18.3 Å². The van der Waals surface area contributed by atoms with Crippen LogP contribution in [-0.4, -0.2) is 43.4 Å². The topological polar surface area (TPSA) is 73.6 Å². The number of amides is 1. The molecular weight excluding hydrogens is 280 g/mol. The molecule has 0 radical (unpaired) electrons. The van der Waals surface area contributed by atoms with E-state index in [1.807, 2.05) is 0 Å². The lowest BCUT2D eigenvalue weighted by molar-refractivity contribution is -0.134. The summed E-state index contributed by atoms with van der Waals surface area (Å²) in [7, 11) is 0. The second-order valence-electron chi connectivity index (χ2n) is 5.74.